The quantitative estimate of drug-likeness (QED) is 0.359. The summed E-state index contributed by atoms with van der Waals surface area (Å²) in [6.45, 7) is 1.79. The molecule has 0 spiro atoms. The molecule has 0 radical (unpaired) electrons. The van der Waals surface area contributed by atoms with Crippen molar-refractivity contribution in [3.63, 3.8) is 0 Å². The monoisotopic (exact) mass is 431 g/mol. The van der Waals surface area contributed by atoms with Crippen molar-refractivity contribution in [1.82, 2.24) is 9.55 Å². The molecule has 0 saturated heterocycles. The third-order valence-corrected chi connectivity index (χ3v) is 5.80. The highest BCUT2D eigenvalue weighted by Gasteiger charge is 2.20. The van der Waals surface area contributed by atoms with Crippen molar-refractivity contribution in [3.8, 4) is 11.4 Å². The number of nitrogens with zero attached hydrogens (tertiary/aromatic N) is 2. The second-order valence-corrected chi connectivity index (χ2v) is 8.18. The van der Waals surface area contributed by atoms with E-state index in [-0.39, 0.29) is 11.5 Å². The molecule has 1 atom stereocenters. The number of thioether (sulfide) groups is 1. The van der Waals surface area contributed by atoms with Crippen LogP contribution in [0.25, 0.3) is 16.6 Å². The van der Waals surface area contributed by atoms with E-state index in [0.717, 1.165) is 5.69 Å². The van der Waals surface area contributed by atoms with E-state index in [9.17, 15) is 9.59 Å². The van der Waals surface area contributed by atoms with Gasteiger partial charge < -0.3 is 10.1 Å². The van der Waals surface area contributed by atoms with Crippen LogP contribution < -0.4 is 15.6 Å². The van der Waals surface area contributed by atoms with Crippen molar-refractivity contribution in [2.24, 2.45) is 0 Å². The Labute approximate surface area is 183 Å². The van der Waals surface area contributed by atoms with Gasteiger partial charge in [-0.05, 0) is 43.3 Å². The Balaban J connectivity index is 1.75. The van der Waals surface area contributed by atoms with Gasteiger partial charge in [-0.1, -0.05) is 48.2 Å². The lowest BCUT2D eigenvalue weighted by atomic mass is 10.2. The number of hydrogen-bond donors (Lipinski definition) is 1. The van der Waals surface area contributed by atoms with E-state index >= 15 is 0 Å². The Morgan fingerprint density at radius 2 is 1.77 bits per heavy atom. The molecule has 0 saturated carbocycles. The lowest BCUT2D eigenvalue weighted by Crippen LogP contribution is -2.26. The van der Waals surface area contributed by atoms with Gasteiger partial charge in [0.1, 0.15) is 5.75 Å². The summed E-state index contributed by atoms with van der Waals surface area (Å²) in [4.78, 5) is 30.8. The van der Waals surface area contributed by atoms with E-state index in [2.05, 4.69) is 5.32 Å². The van der Waals surface area contributed by atoms with Gasteiger partial charge in [-0.3, -0.25) is 14.2 Å². The fourth-order valence-electron chi connectivity index (χ4n) is 3.15. The number of anilines is 1. The Bertz CT molecular complexity index is 1290. The molecule has 3 aromatic carbocycles. The Hall–Kier alpha value is -3.58. The van der Waals surface area contributed by atoms with Crippen LogP contribution in [0, 0.1) is 0 Å². The molecule has 1 N–H and O–H groups in total. The number of para-hydroxylation sites is 2. The van der Waals surface area contributed by atoms with E-state index in [1.165, 1.54) is 16.3 Å². The predicted octanol–water partition coefficient (Wildman–Crippen LogP) is 4.51. The minimum absolute atomic E-state index is 0.171. The maximum Gasteiger partial charge on any atom is 0.266 e. The summed E-state index contributed by atoms with van der Waals surface area (Å²) in [5.74, 6) is 0.458. The first-order valence-electron chi connectivity index (χ1n) is 9.75. The summed E-state index contributed by atoms with van der Waals surface area (Å²) >= 11 is 1.23. The minimum Gasteiger partial charge on any atom is -0.497 e. The van der Waals surface area contributed by atoms with Crippen LogP contribution >= 0.6 is 11.8 Å². The van der Waals surface area contributed by atoms with Crippen molar-refractivity contribution < 1.29 is 9.53 Å². The number of fused-ring (bicyclic) bond motifs is 1. The van der Waals surface area contributed by atoms with Gasteiger partial charge in [0.25, 0.3) is 5.56 Å². The first kappa shape index (κ1) is 20.7. The third kappa shape index (κ3) is 4.46. The Kier molecular flexibility index (Phi) is 6.04. The minimum atomic E-state index is -0.481. The van der Waals surface area contributed by atoms with Crippen LogP contribution in [0.3, 0.4) is 0 Å². The molecular weight excluding hydrogens is 410 g/mol. The van der Waals surface area contributed by atoms with Gasteiger partial charge in [-0.25, -0.2) is 4.98 Å². The van der Waals surface area contributed by atoms with Crippen LogP contribution in [0.4, 0.5) is 5.69 Å². The molecule has 0 fully saturated rings. The maximum absolute atomic E-state index is 13.4. The normalized spacial score (nSPS) is 11.8. The number of amides is 1. The zero-order valence-electron chi connectivity index (χ0n) is 17.1. The molecule has 31 heavy (non-hydrogen) atoms. The molecule has 4 rings (SSSR count). The van der Waals surface area contributed by atoms with E-state index in [0.29, 0.717) is 27.5 Å². The molecule has 4 aromatic rings. The summed E-state index contributed by atoms with van der Waals surface area (Å²) in [6, 6.07) is 23.7. The Morgan fingerprint density at radius 1 is 1.03 bits per heavy atom. The second-order valence-electron chi connectivity index (χ2n) is 6.87. The van der Waals surface area contributed by atoms with E-state index in [1.54, 1.807) is 32.2 Å². The smallest absolute Gasteiger partial charge is 0.266 e. The number of nitrogens with one attached hydrogen (secondary N) is 1. The highest BCUT2D eigenvalue weighted by Crippen LogP contribution is 2.27. The molecule has 1 aromatic heterocycles. The predicted molar refractivity (Wildman–Crippen MR) is 124 cm³/mol. The number of rotatable bonds is 6. The van der Waals surface area contributed by atoms with Gasteiger partial charge >= 0.3 is 0 Å². The van der Waals surface area contributed by atoms with Gasteiger partial charge in [-0.2, -0.15) is 0 Å². The molecule has 0 unspecified atom stereocenters. The van der Waals surface area contributed by atoms with E-state index in [1.807, 2.05) is 60.7 Å². The SMILES string of the molecule is COc1cccc(-n2c(S[C@@H](C)C(=O)Nc3ccccc3)nc3ccccc3c2=O)c1. The Morgan fingerprint density at radius 3 is 2.55 bits per heavy atom. The molecule has 0 aliphatic carbocycles. The number of ether oxygens (including phenoxy) is 1. The molecule has 0 aliphatic heterocycles. The number of aromatic nitrogens is 2. The average Bonchev–Trinajstić information content (AvgIpc) is 2.80. The first-order valence-corrected chi connectivity index (χ1v) is 10.6. The standard InChI is InChI=1S/C24H21N3O3S/c1-16(22(28)25-17-9-4-3-5-10-17)31-24-26-21-14-7-6-13-20(21)23(29)27(24)18-11-8-12-19(15-18)30-2/h3-16H,1-2H3,(H,25,28)/t16-/m0/s1. The summed E-state index contributed by atoms with van der Waals surface area (Å²) in [5, 5.41) is 3.36. The lowest BCUT2D eigenvalue weighted by Gasteiger charge is -2.17. The topological polar surface area (TPSA) is 73.2 Å². The average molecular weight is 432 g/mol. The number of carbonyl (C=O) groups is 1. The van der Waals surface area contributed by atoms with Gasteiger partial charge in [0.15, 0.2) is 5.16 Å². The van der Waals surface area contributed by atoms with Gasteiger partial charge in [0.2, 0.25) is 5.91 Å². The van der Waals surface area contributed by atoms with Gasteiger partial charge in [-0.15, -0.1) is 0 Å². The lowest BCUT2D eigenvalue weighted by molar-refractivity contribution is -0.115. The first-order chi connectivity index (χ1) is 15.1. The molecular formula is C24H21N3O3S. The fourth-order valence-corrected chi connectivity index (χ4v) is 4.07. The van der Waals surface area contributed by atoms with E-state index in [4.69, 9.17) is 9.72 Å². The van der Waals surface area contributed by atoms with Crippen molar-refractivity contribution in [2.75, 3.05) is 12.4 Å². The summed E-state index contributed by atoms with van der Waals surface area (Å²) in [7, 11) is 1.58. The fraction of sp³-hybridized carbons (Fsp3) is 0.125. The van der Waals surface area contributed by atoms with Crippen LogP contribution in [0.1, 0.15) is 6.92 Å². The molecule has 156 valence electrons. The van der Waals surface area contributed by atoms with E-state index < -0.39 is 5.25 Å². The van der Waals surface area contributed by atoms with Crippen molar-refractivity contribution >= 4 is 34.3 Å². The van der Waals surface area contributed by atoms with Crippen molar-refractivity contribution in [3.05, 3.63) is 89.2 Å². The molecule has 0 aliphatic rings. The highest BCUT2D eigenvalue weighted by molar-refractivity contribution is 8.00. The van der Waals surface area contributed by atoms with Crippen LogP contribution in [-0.4, -0.2) is 27.8 Å². The number of carbonyl (C=O) groups excluding carboxylic acids is 1. The zero-order valence-corrected chi connectivity index (χ0v) is 17.9. The highest BCUT2D eigenvalue weighted by atomic mass is 32.2. The maximum atomic E-state index is 13.4. The number of methoxy groups -OCH3 is 1. The van der Waals surface area contributed by atoms with Crippen LogP contribution in [-0.2, 0) is 4.79 Å². The number of benzene rings is 3. The molecule has 1 heterocycles. The second kappa shape index (κ2) is 9.06. The van der Waals surface area contributed by atoms with Crippen LogP contribution in [0.5, 0.6) is 5.75 Å². The molecule has 1 amide bonds. The molecule has 0 bridgehead atoms. The zero-order chi connectivity index (χ0) is 21.8. The third-order valence-electron chi connectivity index (χ3n) is 4.75. The summed E-state index contributed by atoms with van der Waals surface area (Å²) in [6.07, 6.45) is 0. The van der Waals surface area contributed by atoms with Crippen LogP contribution in [0.2, 0.25) is 0 Å². The van der Waals surface area contributed by atoms with Gasteiger partial charge in [0, 0.05) is 11.8 Å². The van der Waals surface area contributed by atoms with Crippen LogP contribution in [0.15, 0.2) is 88.8 Å². The largest absolute Gasteiger partial charge is 0.497 e. The van der Waals surface area contributed by atoms with Gasteiger partial charge in [0.05, 0.1) is 29.0 Å². The summed E-state index contributed by atoms with van der Waals surface area (Å²) < 4.78 is 6.85. The molecule has 7 heteroatoms. The molecule has 6 nitrogen and oxygen atoms in total. The number of hydrogen-bond acceptors (Lipinski definition) is 5. The van der Waals surface area contributed by atoms with Crippen molar-refractivity contribution in [1.29, 1.82) is 0 Å². The summed E-state index contributed by atoms with van der Waals surface area (Å²) in [5.41, 5.74) is 1.74. The van der Waals surface area contributed by atoms with Crippen molar-refractivity contribution in [2.45, 2.75) is 17.3 Å².